The van der Waals surface area contributed by atoms with Gasteiger partial charge in [0.1, 0.15) is 0 Å². The highest BCUT2D eigenvalue weighted by molar-refractivity contribution is 7.19. The smallest absolute Gasteiger partial charge is 0.375 e. The molecule has 34 heavy (non-hydrogen) atoms. The normalized spacial score (nSPS) is 13.7. The van der Waals surface area contributed by atoms with E-state index in [-0.39, 0.29) is 12.1 Å². The number of hydrogen-bond donors (Lipinski definition) is 2. The van der Waals surface area contributed by atoms with Crippen LogP contribution in [0.25, 0.3) is 21.2 Å². The van der Waals surface area contributed by atoms with Crippen LogP contribution < -0.4 is 11.1 Å². The lowest BCUT2D eigenvalue weighted by atomic mass is 10.0. The molecule has 0 amide bonds. The standard InChI is InChI=1S/C25H25F3N4OS/c1-15(33-2)22-23(18-5-6-19-13-30-10-9-17(19)12-18)34-24(32-22)31-14-21(29)11-16-3-7-20(8-4-16)25(26,27)28/h3-10,12-13,15,21H,11,14,29H2,1-2H3,(H,31,32). The predicted molar refractivity (Wildman–Crippen MR) is 130 cm³/mol. The first-order chi connectivity index (χ1) is 16.2. The maximum Gasteiger partial charge on any atom is 0.416 e. The predicted octanol–water partition coefficient (Wildman–Crippen LogP) is 6.07. The van der Waals surface area contributed by atoms with E-state index in [1.165, 1.54) is 23.5 Å². The summed E-state index contributed by atoms with van der Waals surface area (Å²) in [6.45, 7) is 2.38. The Hall–Kier alpha value is -3.01. The maximum absolute atomic E-state index is 12.8. The fourth-order valence-corrected chi connectivity index (χ4v) is 4.70. The van der Waals surface area contributed by atoms with Crippen LogP contribution in [-0.2, 0) is 17.3 Å². The summed E-state index contributed by atoms with van der Waals surface area (Å²) in [5.74, 6) is 0. The molecule has 0 bridgehead atoms. The van der Waals surface area contributed by atoms with Crippen molar-refractivity contribution in [2.45, 2.75) is 31.7 Å². The van der Waals surface area contributed by atoms with Crippen LogP contribution in [0, 0.1) is 0 Å². The molecule has 0 aliphatic rings. The molecule has 3 N–H and O–H groups in total. The van der Waals surface area contributed by atoms with Crippen molar-refractivity contribution in [3.63, 3.8) is 0 Å². The zero-order valence-corrected chi connectivity index (χ0v) is 19.6. The van der Waals surface area contributed by atoms with Gasteiger partial charge in [-0.15, -0.1) is 0 Å². The number of pyridine rings is 1. The summed E-state index contributed by atoms with van der Waals surface area (Å²) < 4.78 is 43.8. The zero-order valence-electron chi connectivity index (χ0n) is 18.8. The molecule has 4 aromatic rings. The highest BCUT2D eigenvalue weighted by atomic mass is 32.1. The molecule has 2 unspecified atom stereocenters. The molecule has 0 aliphatic carbocycles. The van der Waals surface area contributed by atoms with Crippen molar-refractivity contribution in [1.82, 2.24) is 9.97 Å². The van der Waals surface area contributed by atoms with E-state index in [1.54, 1.807) is 13.3 Å². The van der Waals surface area contributed by atoms with Crippen LogP contribution in [0.3, 0.4) is 0 Å². The molecule has 0 saturated heterocycles. The van der Waals surface area contributed by atoms with Crippen LogP contribution in [-0.4, -0.2) is 29.7 Å². The van der Waals surface area contributed by atoms with E-state index < -0.39 is 11.7 Å². The first-order valence-corrected chi connectivity index (χ1v) is 11.6. The van der Waals surface area contributed by atoms with E-state index in [0.717, 1.165) is 44.6 Å². The Kier molecular flexibility index (Phi) is 7.16. The van der Waals surface area contributed by atoms with Crippen molar-refractivity contribution in [2.24, 2.45) is 5.73 Å². The van der Waals surface area contributed by atoms with Gasteiger partial charge in [-0.3, -0.25) is 4.98 Å². The number of nitrogens with one attached hydrogen (secondary N) is 1. The monoisotopic (exact) mass is 486 g/mol. The second-order valence-electron chi connectivity index (χ2n) is 8.09. The minimum Gasteiger partial charge on any atom is -0.375 e. The number of aromatic nitrogens is 2. The van der Waals surface area contributed by atoms with Gasteiger partial charge >= 0.3 is 6.18 Å². The molecule has 4 rings (SSSR count). The lowest BCUT2D eigenvalue weighted by molar-refractivity contribution is -0.137. The topological polar surface area (TPSA) is 73.1 Å². The molecule has 0 fully saturated rings. The number of methoxy groups -OCH3 is 1. The van der Waals surface area contributed by atoms with Gasteiger partial charge < -0.3 is 15.8 Å². The van der Waals surface area contributed by atoms with E-state index in [4.69, 9.17) is 15.5 Å². The molecule has 2 atom stereocenters. The number of alkyl halides is 3. The Bertz CT molecular complexity index is 1260. The van der Waals surface area contributed by atoms with Crippen LogP contribution >= 0.6 is 11.3 Å². The molecule has 178 valence electrons. The van der Waals surface area contributed by atoms with E-state index >= 15 is 0 Å². The molecule has 2 aromatic heterocycles. The van der Waals surface area contributed by atoms with Crippen LogP contribution in [0.15, 0.2) is 60.9 Å². The van der Waals surface area contributed by atoms with E-state index in [2.05, 4.69) is 16.4 Å². The molecule has 2 aromatic carbocycles. The largest absolute Gasteiger partial charge is 0.416 e. The molecule has 0 radical (unpaired) electrons. The summed E-state index contributed by atoms with van der Waals surface area (Å²) in [6.07, 6.45) is -0.499. The van der Waals surface area contributed by atoms with Gasteiger partial charge in [-0.2, -0.15) is 13.2 Å². The number of nitrogens with two attached hydrogens (primary N) is 1. The van der Waals surface area contributed by atoms with Gasteiger partial charge in [-0.05, 0) is 54.1 Å². The van der Waals surface area contributed by atoms with Crippen molar-refractivity contribution in [3.8, 4) is 10.4 Å². The quantitative estimate of drug-likeness (QED) is 0.316. The number of hydrogen-bond acceptors (Lipinski definition) is 6. The van der Waals surface area contributed by atoms with Crippen LogP contribution in [0.2, 0.25) is 0 Å². The van der Waals surface area contributed by atoms with Crippen molar-refractivity contribution in [2.75, 3.05) is 19.0 Å². The first-order valence-electron chi connectivity index (χ1n) is 10.8. The Labute approximate surface area is 199 Å². The number of nitrogens with zero attached hydrogens (tertiary/aromatic N) is 2. The third kappa shape index (κ3) is 5.55. The number of halogens is 3. The van der Waals surface area contributed by atoms with Crippen LogP contribution in [0.4, 0.5) is 18.3 Å². The van der Waals surface area contributed by atoms with Crippen LogP contribution in [0.1, 0.15) is 29.8 Å². The van der Waals surface area contributed by atoms with E-state index in [9.17, 15) is 13.2 Å². The highest BCUT2D eigenvalue weighted by Gasteiger charge is 2.30. The minimum atomic E-state index is -4.34. The zero-order chi connectivity index (χ0) is 24.3. The summed E-state index contributed by atoms with van der Waals surface area (Å²) in [5, 5.41) is 6.15. The fraction of sp³-hybridized carbons (Fsp3) is 0.280. The minimum absolute atomic E-state index is 0.198. The average molecular weight is 487 g/mol. The number of thiazole rings is 1. The SMILES string of the molecule is COC(C)c1nc(NCC(N)Cc2ccc(C(F)(F)F)cc2)sc1-c1ccc2cnccc2c1. The van der Waals surface area contributed by atoms with Gasteiger partial charge in [0.25, 0.3) is 0 Å². The molecule has 2 heterocycles. The summed E-state index contributed by atoms with van der Waals surface area (Å²) in [5.41, 5.74) is 8.20. The van der Waals surface area contributed by atoms with Gasteiger partial charge in [0.15, 0.2) is 5.13 Å². The average Bonchev–Trinajstić information content (AvgIpc) is 3.26. The summed E-state index contributed by atoms with van der Waals surface area (Å²) in [4.78, 5) is 9.91. The second-order valence-corrected chi connectivity index (χ2v) is 9.09. The summed E-state index contributed by atoms with van der Waals surface area (Å²) in [6, 6.07) is 13.0. The van der Waals surface area contributed by atoms with Gasteiger partial charge in [0.05, 0.1) is 22.2 Å². The van der Waals surface area contributed by atoms with Crippen molar-refractivity contribution in [1.29, 1.82) is 0 Å². The van der Waals surface area contributed by atoms with Gasteiger partial charge in [-0.25, -0.2) is 4.98 Å². The molecular formula is C25H25F3N4OS. The van der Waals surface area contributed by atoms with Crippen molar-refractivity contribution in [3.05, 3.63) is 77.7 Å². The molecular weight excluding hydrogens is 461 g/mol. The number of ether oxygens (including phenoxy) is 1. The molecule has 9 heteroatoms. The fourth-order valence-electron chi connectivity index (χ4n) is 3.65. The third-order valence-electron chi connectivity index (χ3n) is 5.59. The number of rotatable bonds is 8. The van der Waals surface area contributed by atoms with E-state index in [1.807, 2.05) is 31.3 Å². The van der Waals surface area contributed by atoms with E-state index in [0.29, 0.717) is 18.1 Å². The van der Waals surface area contributed by atoms with Crippen LogP contribution in [0.5, 0.6) is 0 Å². The Balaban J connectivity index is 1.48. The van der Waals surface area contributed by atoms with Gasteiger partial charge in [0, 0.05) is 37.5 Å². The highest BCUT2D eigenvalue weighted by Crippen LogP contribution is 2.38. The number of benzene rings is 2. The lowest BCUT2D eigenvalue weighted by Gasteiger charge is -2.13. The third-order valence-corrected chi connectivity index (χ3v) is 6.67. The Morgan fingerprint density at radius 3 is 2.56 bits per heavy atom. The molecule has 0 spiro atoms. The summed E-state index contributed by atoms with van der Waals surface area (Å²) in [7, 11) is 1.65. The van der Waals surface area contributed by atoms with Gasteiger partial charge in [-0.1, -0.05) is 35.6 Å². The number of fused-ring (bicyclic) bond motifs is 1. The maximum atomic E-state index is 12.8. The van der Waals surface area contributed by atoms with Crippen molar-refractivity contribution < 1.29 is 17.9 Å². The first kappa shape index (κ1) is 24.1. The Morgan fingerprint density at radius 2 is 1.85 bits per heavy atom. The number of anilines is 1. The van der Waals surface area contributed by atoms with Gasteiger partial charge in [0.2, 0.25) is 0 Å². The summed E-state index contributed by atoms with van der Waals surface area (Å²) >= 11 is 1.52. The molecule has 0 saturated carbocycles. The van der Waals surface area contributed by atoms with Crippen molar-refractivity contribution >= 4 is 27.2 Å². The lowest BCUT2D eigenvalue weighted by Crippen LogP contribution is -2.31. The molecule has 5 nitrogen and oxygen atoms in total. The second kappa shape index (κ2) is 10.1. The molecule has 0 aliphatic heterocycles. The Morgan fingerprint density at radius 1 is 1.09 bits per heavy atom.